The highest BCUT2D eigenvalue weighted by molar-refractivity contribution is 7.93. The molecule has 5 nitrogen and oxygen atoms in total. The molecule has 1 aliphatic carbocycles. The Kier molecular flexibility index (Phi) is 2.40. The van der Waals surface area contributed by atoms with Gasteiger partial charge in [-0.15, -0.1) is 0 Å². The summed E-state index contributed by atoms with van der Waals surface area (Å²) in [6.07, 6.45) is 5.77. The lowest BCUT2D eigenvalue weighted by Crippen LogP contribution is -2.24. The van der Waals surface area contributed by atoms with E-state index in [0.717, 1.165) is 5.57 Å². The van der Waals surface area contributed by atoms with Crippen LogP contribution < -0.4 is 5.14 Å². The van der Waals surface area contributed by atoms with E-state index in [0.29, 0.717) is 5.71 Å². The molecule has 1 atom stereocenters. The third-order valence-electron chi connectivity index (χ3n) is 2.48. The molecule has 1 aliphatic heterocycles. The molecule has 16 heavy (non-hydrogen) atoms. The van der Waals surface area contributed by atoms with Gasteiger partial charge in [-0.1, -0.05) is 11.6 Å². The van der Waals surface area contributed by atoms with E-state index in [1.54, 1.807) is 6.92 Å². The fourth-order valence-electron chi connectivity index (χ4n) is 1.68. The molecule has 0 spiro atoms. The first kappa shape index (κ1) is 11.0. The van der Waals surface area contributed by atoms with Crippen molar-refractivity contribution in [2.45, 2.75) is 6.92 Å². The number of carbonyl (C=O) groups excluding carboxylic acids is 1. The quantitative estimate of drug-likeness (QED) is 0.711. The first-order valence-electron chi connectivity index (χ1n) is 4.61. The fraction of sp³-hybridized carbons (Fsp3) is 0.200. The highest BCUT2D eigenvalue weighted by atomic mass is 32.2. The summed E-state index contributed by atoms with van der Waals surface area (Å²) in [7, 11) is -3.71. The molecule has 0 aromatic carbocycles. The Morgan fingerprint density at radius 3 is 2.69 bits per heavy atom. The summed E-state index contributed by atoms with van der Waals surface area (Å²) in [5.41, 5.74) is 1.32. The molecule has 1 heterocycles. The number of allylic oxidation sites excluding steroid dienone is 4. The van der Waals surface area contributed by atoms with E-state index in [9.17, 15) is 13.2 Å². The molecule has 84 valence electrons. The van der Waals surface area contributed by atoms with Crippen LogP contribution in [-0.2, 0) is 14.8 Å². The Morgan fingerprint density at radius 2 is 2.06 bits per heavy atom. The molecular weight excluding hydrogens is 228 g/mol. The SMILES string of the molecule is CC1=CC(=O)N=C2C=CC(S(N)(=O)=O)=CC12. The lowest BCUT2D eigenvalue weighted by Gasteiger charge is -2.21. The molecule has 1 amide bonds. The number of sulfonamides is 1. The van der Waals surface area contributed by atoms with Crippen LogP contribution >= 0.6 is 0 Å². The largest absolute Gasteiger partial charge is 0.269 e. The normalized spacial score (nSPS) is 24.5. The molecule has 0 aromatic rings. The molecule has 2 rings (SSSR count). The van der Waals surface area contributed by atoms with Gasteiger partial charge in [0.15, 0.2) is 0 Å². The van der Waals surface area contributed by atoms with E-state index in [4.69, 9.17) is 5.14 Å². The number of rotatable bonds is 1. The van der Waals surface area contributed by atoms with Crippen molar-refractivity contribution in [3.63, 3.8) is 0 Å². The van der Waals surface area contributed by atoms with Crippen LogP contribution in [0.25, 0.3) is 0 Å². The number of aliphatic imine (C=N–C) groups is 1. The number of nitrogens with zero attached hydrogens (tertiary/aromatic N) is 1. The van der Waals surface area contributed by atoms with Crippen LogP contribution in [0.1, 0.15) is 6.92 Å². The summed E-state index contributed by atoms with van der Waals surface area (Å²) in [6, 6.07) is 0. The second kappa shape index (κ2) is 3.50. The molecule has 0 bridgehead atoms. The highest BCUT2D eigenvalue weighted by Crippen LogP contribution is 2.26. The van der Waals surface area contributed by atoms with Crippen molar-refractivity contribution in [3.8, 4) is 0 Å². The van der Waals surface area contributed by atoms with Crippen molar-refractivity contribution in [1.29, 1.82) is 0 Å². The lowest BCUT2D eigenvalue weighted by atomic mass is 9.89. The van der Waals surface area contributed by atoms with Crippen molar-refractivity contribution < 1.29 is 13.2 Å². The summed E-state index contributed by atoms with van der Waals surface area (Å²) in [5, 5.41) is 5.03. The Hall–Kier alpha value is -1.53. The van der Waals surface area contributed by atoms with Gasteiger partial charge in [0, 0.05) is 12.0 Å². The number of nitrogens with two attached hydrogens (primary N) is 1. The standard InChI is InChI=1S/C10H10N2O3S/c1-6-4-10(13)12-9-3-2-7(5-8(6)9)16(11,14)15/h2-5,8H,1H3,(H2,11,14,15). The third-order valence-corrected chi connectivity index (χ3v) is 3.41. The predicted molar refractivity (Wildman–Crippen MR) is 60.0 cm³/mol. The van der Waals surface area contributed by atoms with Crippen LogP contribution in [0.5, 0.6) is 0 Å². The molecule has 0 aromatic heterocycles. The molecule has 0 saturated heterocycles. The Morgan fingerprint density at radius 1 is 1.38 bits per heavy atom. The number of primary sulfonamides is 1. The van der Waals surface area contributed by atoms with Crippen LogP contribution in [-0.4, -0.2) is 20.0 Å². The van der Waals surface area contributed by atoms with Gasteiger partial charge in [-0.3, -0.25) is 4.79 Å². The Bertz CT molecular complexity index is 579. The maximum atomic E-state index is 11.2. The van der Waals surface area contributed by atoms with Gasteiger partial charge in [0.05, 0.1) is 10.6 Å². The summed E-state index contributed by atoms with van der Waals surface area (Å²) in [5.74, 6) is -0.586. The molecule has 2 aliphatic rings. The van der Waals surface area contributed by atoms with Crippen LogP contribution in [0.15, 0.2) is 39.8 Å². The first-order chi connectivity index (χ1) is 7.38. The molecule has 0 saturated carbocycles. The van der Waals surface area contributed by atoms with E-state index in [-0.39, 0.29) is 16.7 Å². The van der Waals surface area contributed by atoms with E-state index in [1.165, 1.54) is 24.3 Å². The second-order valence-corrected chi connectivity index (χ2v) is 5.25. The van der Waals surface area contributed by atoms with E-state index in [1.807, 2.05) is 0 Å². The van der Waals surface area contributed by atoms with Gasteiger partial charge in [0.1, 0.15) is 0 Å². The predicted octanol–water partition coefficient (Wildman–Crippen LogP) is 0.272. The van der Waals surface area contributed by atoms with Gasteiger partial charge >= 0.3 is 0 Å². The van der Waals surface area contributed by atoms with Crippen LogP contribution in [0, 0.1) is 5.92 Å². The second-order valence-electron chi connectivity index (χ2n) is 3.69. The maximum Gasteiger partial charge on any atom is 0.269 e. The van der Waals surface area contributed by atoms with E-state index in [2.05, 4.69) is 4.99 Å². The summed E-state index contributed by atoms with van der Waals surface area (Å²) in [4.78, 5) is 15.0. The van der Waals surface area contributed by atoms with Crippen molar-refractivity contribution >= 4 is 21.6 Å². The average Bonchev–Trinajstić information content (AvgIpc) is 2.15. The monoisotopic (exact) mass is 238 g/mol. The van der Waals surface area contributed by atoms with Crippen LogP contribution in [0.3, 0.4) is 0 Å². The first-order valence-corrected chi connectivity index (χ1v) is 6.16. The molecular formula is C10H10N2O3S. The van der Waals surface area contributed by atoms with Gasteiger partial charge in [-0.25, -0.2) is 18.5 Å². The lowest BCUT2D eigenvalue weighted by molar-refractivity contribution is -0.113. The van der Waals surface area contributed by atoms with Crippen molar-refractivity contribution in [1.82, 2.24) is 0 Å². The molecule has 6 heteroatoms. The summed E-state index contributed by atoms with van der Waals surface area (Å²) >= 11 is 0. The minimum atomic E-state index is -3.71. The topological polar surface area (TPSA) is 89.6 Å². The molecule has 0 radical (unpaired) electrons. The van der Waals surface area contributed by atoms with Gasteiger partial charge in [0.2, 0.25) is 10.0 Å². The minimum Gasteiger partial charge on any atom is -0.267 e. The zero-order valence-corrected chi connectivity index (χ0v) is 9.36. The Balaban J connectivity index is 2.48. The average molecular weight is 238 g/mol. The van der Waals surface area contributed by atoms with Gasteiger partial charge in [0.25, 0.3) is 5.91 Å². The van der Waals surface area contributed by atoms with Crippen molar-refractivity contribution in [3.05, 3.63) is 34.8 Å². The maximum absolute atomic E-state index is 11.2. The van der Waals surface area contributed by atoms with Crippen LogP contribution in [0.4, 0.5) is 0 Å². The fourth-order valence-corrected chi connectivity index (χ4v) is 2.27. The highest BCUT2D eigenvalue weighted by Gasteiger charge is 2.25. The number of hydrogen-bond acceptors (Lipinski definition) is 3. The van der Waals surface area contributed by atoms with E-state index >= 15 is 0 Å². The number of fused-ring (bicyclic) bond motifs is 1. The molecule has 1 unspecified atom stereocenters. The molecule has 0 fully saturated rings. The molecule has 2 N–H and O–H groups in total. The van der Waals surface area contributed by atoms with Crippen LogP contribution in [0.2, 0.25) is 0 Å². The number of carbonyl (C=O) groups is 1. The zero-order chi connectivity index (χ0) is 11.9. The summed E-state index contributed by atoms with van der Waals surface area (Å²) < 4.78 is 22.3. The Labute approximate surface area is 93.1 Å². The smallest absolute Gasteiger partial charge is 0.267 e. The zero-order valence-electron chi connectivity index (χ0n) is 8.54. The van der Waals surface area contributed by atoms with Crippen molar-refractivity contribution in [2.24, 2.45) is 16.0 Å². The number of dihydropyridines is 1. The van der Waals surface area contributed by atoms with Crippen molar-refractivity contribution in [2.75, 3.05) is 0 Å². The van der Waals surface area contributed by atoms with E-state index < -0.39 is 10.0 Å². The third kappa shape index (κ3) is 1.89. The summed E-state index contributed by atoms with van der Waals surface area (Å²) in [6.45, 7) is 1.76. The minimum absolute atomic E-state index is 0.0542. The number of amides is 1. The van der Waals surface area contributed by atoms with Gasteiger partial charge in [-0.05, 0) is 19.1 Å². The van der Waals surface area contributed by atoms with Gasteiger partial charge in [-0.2, -0.15) is 0 Å². The van der Waals surface area contributed by atoms with Gasteiger partial charge < -0.3 is 0 Å². The number of hydrogen-bond donors (Lipinski definition) is 1.